The Labute approximate surface area is 144 Å². The summed E-state index contributed by atoms with van der Waals surface area (Å²) >= 11 is 5.90. The van der Waals surface area contributed by atoms with Crippen LogP contribution >= 0.6 is 11.6 Å². The molecule has 0 aliphatic carbocycles. The fourth-order valence-corrected chi connectivity index (χ4v) is 3.14. The molecule has 0 spiro atoms. The normalized spacial score (nSPS) is 16.9. The highest BCUT2D eigenvalue weighted by Gasteiger charge is 2.31. The van der Waals surface area contributed by atoms with Crippen molar-refractivity contribution >= 4 is 17.5 Å². The zero-order valence-corrected chi connectivity index (χ0v) is 15.1. The van der Waals surface area contributed by atoms with Gasteiger partial charge >= 0.3 is 0 Å². The second-order valence-electron chi connectivity index (χ2n) is 6.16. The lowest BCUT2D eigenvalue weighted by Gasteiger charge is -2.42. The highest BCUT2D eigenvalue weighted by atomic mass is 35.5. The van der Waals surface area contributed by atoms with Gasteiger partial charge in [-0.1, -0.05) is 24.9 Å². The second-order valence-corrected chi connectivity index (χ2v) is 6.60. The average Bonchev–Trinajstić information content (AvgIpc) is 2.51. The fraction of sp³-hybridized carbons (Fsp3) is 0.611. The fourth-order valence-electron chi connectivity index (χ4n) is 3.01. The molecular weight excluding hydrogens is 312 g/mol. The van der Waals surface area contributed by atoms with E-state index in [1.807, 2.05) is 18.9 Å². The van der Waals surface area contributed by atoms with E-state index in [9.17, 15) is 4.79 Å². The number of rotatable bonds is 8. The minimum Gasteiger partial charge on any atom is -0.376 e. The average molecular weight is 339 g/mol. The smallest absolute Gasteiger partial charge is 0.253 e. The maximum Gasteiger partial charge on any atom is 0.253 e. The number of nitrogens with zero attached hydrogens (tertiary/aromatic N) is 2. The van der Waals surface area contributed by atoms with Gasteiger partial charge in [-0.25, -0.2) is 0 Å². The lowest BCUT2D eigenvalue weighted by molar-refractivity contribution is -0.0564. The van der Waals surface area contributed by atoms with Gasteiger partial charge in [-0.2, -0.15) is 0 Å². The Balaban J connectivity index is 1.93. The largest absolute Gasteiger partial charge is 0.376 e. The van der Waals surface area contributed by atoms with Crippen molar-refractivity contribution in [1.82, 2.24) is 9.80 Å². The summed E-state index contributed by atoms with van der Waals surface area (Å²) in [5, 5.41) is 0.650. The molecular formula is C18H27ClN2O2. The standard InChI is InChI=1S/C18H27ClN2O2/c1-4-6-16(11-21-12-17(13-21)23-5-2)20(3)18(22)14-7-9-15(19)10-8-14/h7-10,16-17H,4-6,11-13H2,1-3H3/t16-/m0/s1. The molecule has 1 aliphatic heterocycles. The van der Waals surface area contributed by atoms with Crippen LogP contribution in [0.25, 0.3) is 0 Å². The first kappa shape index (κ1) is 18.2. The van der Waals surface area contributed by atoms with Crippen LogP contribution in [0.2, 0.25) is 5.02 Å². The minimum absolute atomic E-state index is 0.0574. The number of hydrogen-bond acceptors (Lipinski definition) is 3. The van der Waals surface area contributed by atoms with Crippen molar-refractivity contribution in [2.75, 3.05) is 33.3 Å². The van der Waals surface area contributed by atoms with Crippen LogP contribution in [0.5, 0.6) is 0 Å². The van der Waals surface area contributed by atoms with Gasteiger partial charge in [-0.3, -0.25) is 9.69 Å². The zero-order chi connectivity index (χ0) is 16.8. The Hall–Kier alpha value is -1.10. The van der Waals surface area contributed by atoms with Crippen LogP contribution in [0.3, 0.4) is 0 Å². The first-order valence-corrected chi connectivity index (χ1v) is 8.79. The molecule has 1 aromatic rings. The number of halogens is 1. The molecule has 2 rings (SSSR count). The van der Waals surface area contributed by atoms with Crippen molar-refractivity contribution in [1.29, 1.82) is 0 Å². The highest BCUT2D eigenvalue weighted by molar-refractivity contribution is 6.30. The number of likely N-dealkylation sites (N-methyl/N-ethyl adjacent to an activating group) is 1. The number of hydrogen-bond donors (Lipinski definition) is 0. The van der Waals surface area contributed by atoms with Crippen molar-refractivity contribution in [2.24, 2.45) is 0 Å². The number of ether oxygens (including phenoxy) is 1. The molecule has 23 heavy (non-hydrogen) atoms. The van der Waals surface area contributed by atoms with Crippen LogP contribution in [0, 0.1) is 0 Å². The predicted molar refractivity (Wildman–Crippen MR) is 94.1 cm³/mol. The molecule has 1 atom stereocenters. The van der Waals surface area contributed by atoms with E-state index in [1.165, 1.54) is 0 Å². The van der Waals surface area contributed by atoms with E-state index in [4.69, 9.17) is 16.3 Å². The SMILES string of the molecule is CCC[C@@H](CN1CC(OCC)C1)N(C)C(=O)c1ccc(Cl)cc1. The summed E-state index contributed by atoms with van der Waals surface area (Å²) < 4.78 is 5.60. The highest BCUT2D eigenvalue weighted by Crippen LogP contribution is 2.18. The number of carbonyl (C=O) groups excluding carboxylic acids is 1. The number of amides is 1. The second kappa shape index (κ2) is 8.67. The summed E-state index contributed by atoms with van der Waals surface area (Å²) in [6.07, 6.45) is 2.43. The molecule has 0 saturated carbocycles. The summed E-state index contributed by atoms with van der Waals surface area (Å²) in [6, 6.07) is 7.34. The summed E-state index contributed by atoms with van der Waals surface area (Å²) in [5.41, 5.74) is 0.689. The Morgan fingerprint density at radius 2 is 2.00 bits per heavy atom. The Morgan fingerprint density at radius 3 is 2.57 bits per heavy atom. The molecule has 0 bridgehead atoms. The van der Waals surface area contributed by atoms with E-state index in [0.717, 1.165) is 39.1 Å². The van der Waals surface area contributed by atoms with Gasteiger partial charge in [0.2, 0.25) is 0 Å². The molecule has 0 N–H and O–H groups in total. The van der Waals surface area contributed by atoms with Gasteiger partial charge in [0, 0.05) is 49.9 Å². The zero-order valence-electron chi connectivity index (χ0n) is 14.3. The van der Waals surface area contributed by atoms with Gasteiger partial charge in [-0.15, -0.1) is 0 Å². The summed E-state index contributed by atoms with van der Waals surface area (Å²) in [5.74, 6) is 0.0574. The third-order valence-corrected chi connectivity index (χ3v) is 4.63. The van der Waals surface area contributed by atoms with Crippen LogP contribution < -0.4 is 0 Å². The van der Waals surface area contributed by atoms with Crippen molar-refractivity contribution in [3.05, 3.63) is 34.9 Å². The lowest BCUT2D eigenvalue weighted by Crippen LogP contribution is -2.56. The van der Waals surface area contributed by atoms with E-state index < -0.39 is 0 Å². The van der Waals surface area contributed by atoms with Gasteiger partial charge in [0.05, 0.1) is 6.10 Å². The summed E-state index contributed by atoms with van der Waals surface area (Å²) in [4.78, 5) is 16.9. The molecule has 5 heteroatoms. The van der Waals surface area contributed by atoms with Gasteiger partial charge < -0.3 is 9.64 Å². The lowest BCUT2D eigenvalue weighted by atomic mass is 10.0. The van der Waals surface area contributed by atoms with Crippen LogP contribution in [-0.4, -0.2) is 61.1 Å². The van der Waals surface area contributed by atoms with Gasteiger partial charge in [0.25, 0.3) is 5.91 Å². The predicted octanol–water partition coefficient (Wildman–Crippen LogP) is 3.30. The maximum absolute atomic E-state index is 12.7. The first-order valence-electron chi connectivity index (χ1n) is 8.41. The van der Waals surface area contributed by atoms with E-state index in [0.29, 0.717) is 16.7 Å². The molecule has 1 aromatic carbocycles. The Kier molecular flexibility index (Phi) is 6.88. The summed E-state index contributed by atoms with van der Waals surface area (Å²) in [7, 11) is 1.90. The molecule has 1 heterocycles. The van der Waals surface area contributed by atoms with Crippen molar-refractivity contribution in [3.8, 4) is 0 Å². The van der Waals surface area contributed by atoms with Crippen LogP contribution in [0.1, 0.15) is 37.0 Å². The Bertz CT molecular complexity index is 500. The molecule has 0 aromatic heterocycles. The van der Waals surface area contributed by atoms with Crippen molar-refractivity contribution in [2.45, 2.75) is 38.8 Å². The molecule has 1 fully saturated rings. The third-order valence-electron chi connectivity index (χ3n) is 4.38. The van der Waals surface area contributed by atoms with Gasteiger partial charge in [-0.05, 0) is 37.6 Å². The third kappa shape index (κ3) is 4.93. The maximum atomic E-state index is 12.7. The van der Waals surface area contributed by atoms with E-state index >= 15 is 0 Å². The number of benzene rings is 1. The molecule has 0 radical (unpaired) electrons. The van der Waals surface area contributed by atoms with Crippen LogP contribution in [0.4, 0.5) is 0 Å². The molecule has 4 nitrogen and oxygen atoms in total. The molecule has 1 saturated heterocycles. The molecule has 1 amide bonds. The van der Waals surface area contributed by atoms with Crippen LogP contribution in [-0.2, 0) is 4.74 Å². The topological polar surface area (TPSA) is 32.8 Å². The van der Waals surface area contributed by atoms with Gasteiger partial charge in [0.1, 0.15) is 0 Å². The van der Waals surface area contributed by atoms with E-state index in [2.05, 4.69) is 11.8 Å². The van der Waals surface area contributed by atoms with Crippen LogP contribution in [0.15, 0.2) is 24.3 Å². The number of carbonyl (C=O) groups is 1. The van der Waals surface area contributed by atoms with E-state index in [-0.39, 0.29) is 11.9 Å². The monoisotopic (exact) mass is 338 g/mol. The quantitative estimate of drug-likeness (QED) is 0.729. The summed E-state index contributed by atoms with van der Waals surface area (Å²) in [6.45, 7) is 7.81. The van der Waals surface area contributed by atoms with Crippen molar-refractivity contribution < 1.29 is 9.53 Å². The van der Waals surface area contributed by atoms with E-state index in [1.54, 1.807) is 24.3 Å². The first-order chi connectivity index (χ1) is 11.0. The minimum atomic E-state index is 0.0574. The molecule has 128 valence electrons. The van der Waals surface area contributed by atoms with Gasteiger partial charge in [0.15, 0.2) is 0 Å². The molecule has 1 aliphatic rings. The number of likely N-dealkylation sites (tertiary alicyclic amines) is 1. The van der Waals surface area contributed by atoms with Crippen molar-refractivity contribution in [3.63, 3.8) is 0 Å². The Morgan fingerprint density at radius 1 is 1.35 bits per heavy atom. The molecule has 0 unspecified atom stereocenters.